The van der Waals surface area contributed by atoms with Gasteiger partial charge < -0.3 is 10.2 Å². The molecule has 22 heavy (non-hydrogen) atoms. The van der Waals surface area contributed by atoms with Crippen LogP contribution >= 0.6 is 0 Å². The molecule has 1 N–H and O–H groups in total. The second-order valence-corrected chi connectivity index (χ2v) is 5.26. The molecule has 1 aromatic rings. The van der Waals surface area contributed by atoms with Crippen LogP contribution in [0.5, 0.6) is 0 Å². The monoisotopic (exact) mass is 309 g/mol. The van der Waals surface area contributed by atoms with Crippen LogP contribution in [0.4, 0.5) is 5.69 Å². The Morgan fingerprint density at radius 2 is 2.23 bits per heavy atom. The number of carbonyl (C=O) groups excluding carboxylic acids is 2. The number of nitrogens with one attached hydrogen (secondary N) is 1. The zero-order valence-electron chi connectivity index (χ0n) is 12.7. The van der Waals surface area contributed by atoms with Crippen molar-refractivity contribution < 1.29 is 14.5 Å². The Labute approximate surface area is 127 Å². The molecular weight excluding hydrogens is 290 g/mol. The van der Waals surface area contributed by atoms with E-state index in [0.29, 0.717) is 31.6 Å². The summed E-state index contributed by atoms with van der Waals surface area (Å²) in [7, 11) is 1.55. The fraction of sp³-hybridized carbons (Fsp3) is 0.615. The van der Waals surface area contributed by atoms with Gasteiger partial charge in [-0.05, 0) is 19.8 Å². The maximum absolute atomic E-state index is 12.0. The quantitative estimate of drug-likeness (QED) is 0.464. The summed E-state index contributed by atoms with van der Waals surface area (Å²) in [4.78, 5) is 35.7. The predicted octanol–water partition coefficient (Wildman–Crippen LogP) is 0.379. The Morgan fingerprint density at radius 1 is 1.50 bits per heavy atom. The van der Waals surface area contributed by atoms with Crippen molar-refractivity contribution in [3.8, 4) is 0 Å². The lowest BCUT2D eigenvalue weighted by Crippen LogP contribution is -2.31. The van der Waals surface area contributed by atoms with Crippen molar-refractivity contribution in [3.05, 3.63) is 21.5 Å². The number of amides is 2. The molecule has 2 heterocycles. The minimum absolute atomic E-state index is 0.141. The number of aryl methyl sites for hydroxylation is 1. The minimum atomic E-state index is -0.597. The van der Waals surface area contributed by atoms with Crippen LogP contribution in [0.25, 0.3) is 0 Å². The molecule has 0 bridgehead atoms. The maximum Gasteiger partial charge on any atom is 0.322 e. The third-order valence-corrected chi connectivity index (χ3v) is 3.76. The number of hydrogen-bond donors (Lipinski definition) is 1. The number of hydrogen-bond acceptors (Lipinski definition) is 5. The number of carbonyl (C=O) groups is 2. The Morgan fingerprint density at radius 3 is 2.82 bits per heavy atom. The van der Waals surface area contributed by atoms with Gasteiger partial charge in [0.1, 0.15) is 5.69 Å². The van der Waals surface area contributed by atoms with E-state index in [1.54, 1.807) is 18.9 Å². The Kier molecular flexibility index (Phi) is 4.74. The summed E-state index contributed by atoms with van der Waals surface area (Å²) in [6.45, 7) is 3.23. The van der Waals surface area contributed by atoms with Crippen molar-refractivity contribution in [2.75, 3.05) is 19.6 Å². The molecule has 0 atom stereocenters. The van der Waals surface area contributed by atoms with E-state index < -0.39 is 10.8 Å². The number of aromatic nitrogens is 2. The summed E-state index contributed by atoms with van der Waals surface area (Å²) in [6, 6.07) is 0. The highest BCUT2D eigenvalue weighted by Gasteiger charge is 2.28. The van der Waals surface area contributed by atoms with Gasteiger partial charge in [0, 0.05) is 33.1 Å². The molecule has 120 valence electrons. The van der Waals surface area contributed by atoms with Crippen LogP contribution < -0.4 is 5.32 Å². The smallest absolute Gasteiger partial charge is 0.322 e. The van der Waals surface area contributed by atoms with Crippen molar-refractivity contribution in [1.29, 1.82) is 0 Å². The first-order valence-corrected chi connectivity index (χ1v) is 7.15. The second-order valence-electron chi connectivity index (χ2n) is 5.26. The van der Waals surface area contributed by atoms with Crippen molar-refractivity contribution >= 4 is 17.5 Å². The van der Waals surface area contributed by atoms with Crippen LogP contribution in [0.15, 0.2) is 0 Å². The van der Waals surface area contributed by atoms with Crippen LogP contribution in [0, 0.1) is 17.0 Å². The Bertz CT molecular complexity index is 610. The van der Waals surface area contributed by atoms with Gasteiger partial charge in [-0.3, -0.25) is 24.4 Å². The average Bonchev–Trinajstić information content (AvgIpc) is 2.99. The van der Waals surface area contributed by atoms with Crippen molar-refractivity contribution in [3.63, 3.8) is 0 Å². The summed E-state index contributed by atoms with van der Waals surface area (Å²) < 4.78 is 1.32. The minimum Gasteiger partial charge on any atom is -0.350 e. The van der Waals surface area contributed by atoms with Crippen LogP contribution in [-0.4, -0.2) is 51.1 Å². The number of nitro groups is 1. The SMILES string of the molecule is Cc1c([N+](=O)[O-])c(C(=O)NCCCN2CCCC2=O)nn1C. The lowest BCUT2D eigenvalue weighted by atomic mass is 10.3. The molecule has 1 aliphatic heterocycles. The van der Waals surface area contributed by atoms with E-state index in [9.17, 15) is 19.7 Å². The zero-order chi connectivity index (χ0) is 16.3. The van der Waals surface area contributed by atoms with Gasteiger partial charge in [-0.1, -0.05) is 0 Å². The molecule has 0 radical (unpaired) electrons. The third-order valence-electron chi connectivity index (χ3n) is 3.76. The molecule has 9 nitrogen and oxygen atoms in total. The summed E-state index contributed by atoms with van der Waals surface area (Å²) in [5.74, 6) is -0.425. The van der Waals surface area contributed by atoms with Gasteiger partial charge in [-0.25, -0.2) is 0 Å². The number of rotatable bonds is 6. The van der Waals surface area contributed by atoms with Crippen LogP contribution in [-0.2, 0) is 11.8 Å². The largest absolute Gasteiger partial charge is 0.350 e. The first-order valence-electron chi connectivity index (χ1n) is 7.15. The maximum atomic E-state index is 12.0. The highest BCUT2D eigenvalue weighted by atomic mass is 16.6. The van der Waals surface area contributed by atoms with E-state index in [4.69, 9.17) is 0 Å². The molecule has 2 rings (SSSR count). The van der Waals surface area contributed by atoms with E-state index in [0.717, 1.165) is 13.0 Å². The van der Waals surface area contributed by atoms with Crippen LogP contribution in [0.1, 0.15) is 35.4 Å². The second kappa shape index (κ2) is 6.54. The van der Waals surface area contributed by atoms with Crippen LogP contribution in [0.3, 0.4) is 0 Å². The molecule has 0 aliphatic carbocycles. The normalized spacial score (nSPS) is 14.5. The molecule has 0 saturated carbocycles. The molecule has 2 amide bonds. The zero-order valence-corrected chi connectivity index (χ0v) is 12.7. The van der Waals surface area contributed by atoms with E-state index in [2.05, 4.69) is 10.4 Å². The van der Waals surface area contributed by atoms with Crippen molar-refractivity contribution in [2.45, 2.75) is 26.2 Å². The van der Waals surface area contributed by atoms with Gasteiger partial charge in [-0.15, -0.1) is 0 Å². The standard InChI is InChI=1S/C13H19N5O4/c1-9-12(18(21)22)11(15-16(9)2)13(20)14-6-4-8-17-7-3-5-10(17)19/h3-8H2,1-2H3,(H,14,20). The summed E-state index contributed by atoms with van der Waals surface area (Å²) in [6.07, 6.45) is 2.08. The fourth-order valence-electron chi connectivity index (χ4n) is 2.46. The summed E-state index contributed by atoms with van der Waals surface area (Å²) >= 11 is 0. The molecule has 9 heteroatoms. The highest BCUT2D eigenvalue weighted by Crippen LogP contribution is 2.21. The highest BCUT2D eigenvalue weighted by molar-refractivity contribution is 5.96. The summed E-state index contributed by atoms with van der Waals surface area (Å²) in [5, 5.41) is 17.5. The molecular formula is C13H19N5O4. The van der Waals surface area contributed by atoms with Crippen LogP contribution in [0.2, 0.25) is 0 Å². The van der Waals surface area contributed by atoms with Gasteiger partial charge in [0.15, 0.2) is 0 Å². The lowest BCUT2D eigenvalue weighted by Gasteiger charge is -2.14. The molecule has 0 aromatic carbocycles. The average molecular weight is 309 g/mol. The van der Waals surface area contributed by atoms with E-state index in [1.807, 2.05) is 0 Å². The molecule has 1 aliphatic rings. The van der Waals surface area contributed by atoms with E-state index in [1.165, 1.54) is 4.68 Å². The van der Waals surface area contributed by atoms with E-state index >= 15 is 0 Å². The Hall–Kier alpha value is -2.45. The van der Waals surface area contributed by atoms with Gasteiger partial charge in [0.05, 0.1) is 4.92 Å². The van der Waals surface area contributed by atoms with Gasteiger partial charge >= 0.3 is 5.69 Å². The first-order chi connectivity index (χ1) is 10.4. The van der Waals surface area contributed by atoms with Gasteiger partial charge in [-0.2, -0.15) is 5.10 Å². The lowest BCUT2D eigenvalue weighted by molar-refractivity contribution is -0.385. The molecule has 1 saturated heterocycles. The topological polar surface area (TPSA) is 110 Å². The van der Waals surface area contributed by atoms with Gasteiger partial charge in [0.2, 0.25) is 11.6 Å². The predicted molar refractivity (Wildman–Crippen MR) is 77.4 cm³/mol. The number of nitrogens with zero attached hydrogens (tertiary/aromatic N) is 4. The van der Waals surface area contributed by atoms with E-state index in [-0.39, 0.29) is 17.3 Å². The summed E-state index contributed by atoms with van der Waals surface area (Å²) in [5.41, 5.74) is -0.116. The van der Waals surface area contributed by atoms with Gasteiger partial charge in [0.25, 0.3) is 5.91 Å². The Balaban J connectivity index is 1.89. The van der Waals surface area contributed by atoms with Crippen molar-refractivity contribution in [1.82, 2.24) is 20.0 Å². The third kappa shape index (κ3) is 3.23. The number of likely N-dealkylation sites (tertiary alicyclic amines) is 1. The molecule has 0 spiro atoms. The van der Waals surface area contributed by atoms with Crippen molar-refractivity contribution in [2.24, 2.45) is 7.05 Å². The molecule has 1 fully saturated rings. The first kappa shape index (κ1) is 15.9. The fourth-order valence-corrected chi connectivity index (χ4v) is 2.46. The molecule has 0 unspecified atom stereocenters. The molecule has 1 aromatic heterocycles.